The van der Waals surface area contributed by atoms with Crippen molar-refractivity contribution in [3.63, 3.8) is 0 Å². The van der Waals surface area contributed by atoms with E-state index in [1.54, 1.807) is 47.4 Å². The number of carbonyl (C=O) groups excluding carboxylic acids is 1. The highest BCUT2D eigenvalue weighted by molar-refractivity contribution is 5.91. The summed E-state index contributed by atoms with van der Waals surface area (Å²) in [6, 6.07) is 17.8. The van der Waals surface area contributed by atoms with E-state index < -0.39 is 24.3 Å². The zero-order chi connectivity index (χ0) is 34.8. The van der Waals surface area contributed by atoms with E-state index in [4.69, 9.17) is 25.5 Å². The third-order valence-electron chi connectivity index (χ3n) is 6.04. The van der Waals surface area contributed by atoms with Crippen LogP contribution in [0, 0.1) is 11.3 Å². The number of hydrogen-bond acceptors (Lipinski definition) is 8. The molecule has 0 radical (unpaired) electrons. The summed E-state index contributed by atoms with van der Waals surface area (Å²) in [6.07, 6.45) is -10.2. The number of halogens is 6. The minimum Gasteiger partial charge on any atom is -0.507 e. The number of aromatic nitrogens is 1. The second kappa shape index (κ2) is 15.4. The highest BCUT2D eigenvalue weighted by Crippen LogP contribution is 2.35. The smallest absolute Gasteiger partial charge is 0.490 e. The van der Waals surface area contributed by atoms with Gasteiger partial charge < -0.3 is 36.2 Å². The lowest BCUT2D eigenvalue weighted by Crippen LogP contribution is -2.48. The average Bonchev–Trinajstić information content (AvgIpc) is 2.97. The summed E-state index contributed by atoms with van der Waals surface area (Å²) in [5.41, 5.74) is 9.22. The number of nitrogens with zero attached hydrogens (tertiary/aromatic N) is 4. The molecule has 0 aliphatic carbocycles. The second-order valence-electron chi connectivity index (χ2n) is 9.35. The number of anilines is 2. The molecule has 0 spiro atoms. The number of nitriles is 1. The van der Waals surface area contributed by atoms with Crippen molar-refractivity contribution in [3.05, 3.63) is 60.2 Å². The number of nitrogens with one attached hydrogen (secondary N) is 1. The molecule has 0 bridgehead atoms. The highest BCUT2D eigenvalue weighted by Gasteiger charge is 2.38. The molecule has 18 heteroatoms. The predicted molar refractivity (Wildman–Crippen MR) is 151 cm³/mol. The van der Waals surface area contributed by atoms with Gasteiger partial charge >= 0.3 is 30.3 Å². The molecular formula is C28H26F6N6O6. The van der Waals surface area contributed by atoms with Crippen molar-refractivity contribution < 1.29 is 56.0 Å². The van der Waals surface area contributed by atoms with Gasteiger partial charge in [-0.1, -0.05) is 24.3 Å². The largest absolute Gasteiger partial charge is 0.507 e. The van der Waals surface area contributed by atoms with Gasteiger partial charge in [0.05, 0.1) is 5.69 Å². The number of phenols is 1. The number of hydrogen-bond donors (Lipinski definition) is 5. The van der Waals surface area contributed by atoms with Crippen LogP contribution < -0.4 is 11.1 Å². The van der Waals surface area contributed by atoms with Crippen LogP contribution in [0.4, 0.5) is 42.6 Å². The molecule has 0 atom stereocenters. The number of carboxylic acids is 2. The molecule has 1 aromatic heterocycles. The van der Waals surface area contributed by atoms with Gasteiger partial charge in [-0.05, 0) is 42.9 Å². The van der Waals surface area contributed by atoms with Crippen molar-refractivity contribution in [3.8, 4) is 34.2 Å². The molecule has 1 saturated heterocycles. The Labute approximate surface area is 256 Å². The summed E-state index contributed by atoms with van der Waals surface area (Å²) >= 11 is 0. The number of pyridine rings is 1. The SMILES string of the molecule is CN1CCN(C(=O)Nc2cccc(-c3cc(-c4ccccc4O)nc(N)c3C#N)c2)CC1.O=C(O)C(F)(F)F.O=C(O)C(F)(F)F. The van der Waals surface area contributed by atoms with E-state index >= 15 is 0 Å². The van der Waals surface area contributed by atoms with Gasteiger partial charge in [0.2, 0.25) is 0 Å². The van der Waals surface area contributed by atoms with E-state index in [1.807, 2.05) is 19.2 Å². The number of nitrogens with two attached hydrogens (primary N) is 1. The minimum atomic E-state index is -5.08. The van der Waals surface area contributed by atoms with Gasteiger partial charge in [-0.25, -0.2) is 19.4 Å². The lowest BCUT2D eigenvalue weighted by atomic mass is 9.98. The number of urea groups is 1. The fraction of sp³-hybridized carbons (Fsp3) is 0.250. The first-order chi connectivity index (χ1) is 21.3. The first-order valence-corrected chi connectivity index (χ1v) is 12.8. The van der Waals surface area contributed by atoms with Crippen LogP contribution >= 0.6 is 0 Å². The molecule has 1 fully saturated rings. The first kappa shape index (κ1) is 36.6. The van der Waals surface area contributed by atoms with Gasteiger partial charge in [0, 0.05) is 43.0 Å². The van der Waals surface area contributed by atoms with E-state index in [0.717, 1.165) is 13.1 Å². The van der Waals surface area contributed by atoms with Crippen molar-refractivity contribution in [1.82, 2.24) is 14.8 Å². The van der Waals surface area contributed by atoms with E-state index in [-0.39, 0.29) is 23.2 Å². The summed E-state index contributed by atoms with van der Waals surface area (Å²) in [4.78, 5) is 38.7. The average molecular weight is 657 g/mol. The maximum absolute atomic E-state index is 12.7. The fourth-order valence-electron chi connectivity index (χ4n) is 3.71. The Balaban J connectivity index is 0.000000440. The van der Waals surface area contributed by atoms with Crippen LogP contribution in [0.15, 0.2) is 54.6 Å². The molecule has 6 N–H and O–H groups in total. The molecule has 4 rings (SSSR count). The number of carbonyl (C=O) groups is 3. The number of phenolic OH excluding ortho intramolecular Hbond substituents is 1. The van der Waals surface area contributed by atoms with E-state index in [9.17, 15) is 41.5 Å². The number of aromatic hydroxyl groups is 1. The number of piperazine rings is 1. The van der Waals surface area contributed by atoms with Crippen molar-refractivity contribution in [2.45, 2.75) is 12.4 Å². The van der Waals surface area contributed by atoms with Crippen molar-refractivity contribution in [1.29, 1.82) is 5.26 Å². The summed E-state index contributed by atoms with van der Waals surface area (Å²) < 4.78 is 63.5. The van der Waals surface area contributed by atoms with Crippen LogP contribution in [0.5, 0.6) is 5.75 Å². The number of likely N-dealkylation sites (N-methyl/N-ethyl adjacent to an activating group) is 1. The van der Waals surface area contributed by atoms with Gasteiger partial charge in [-0.2, -0.15) is 31.6 Å². The number of benzene rings is 2. The Kier molecular flexibility index (Phi) is 12.3. The summed E-state index contributed by atoms with van der Waals surface area (Å²) in [6.45, 7) is 3.02. The monoisotopic (exact) mass is 656 g/mol. The number of alkyl halides is 6. The number of carboxylic acid groups (broad SMARTS) is 2. The zero-order valence-corrected chi connectivity index (χ0v) is 23.7. The third kappa shape index (κ3) is 10.6. The number of para-hydroxylation sites is 1. The predicted octanol–water partition coefficient (Wildman–Crippen LogP) is 4.62. The van der Waals surface area contributed by atoms with Crippen LogP contribution in [-0.2, 0) is 9.59 Å². The van der Waals surface area contributed by atoms with Gasteiger partial charge in [-0.15, -0.1) is 0 Å². The molecule has 46 heavy (non-hydrogen) atoms. The number of nitrogen functional groups attached to an aromatic ring is 1. The quantitative estimate of drug-likeness (QED) is 0.249. The van der Waals surface area contributed by atoms with Crippen LogP contribution in [0.1, 0.15) is 5.56 Å². The Morgan fingerprint density at radius 2 is 1.43 bits per heavy atom. The molecule has 0 unspecified atom stereocenters. The molecule has 1 aliphatic heterocycles. The van der Waals surface area contributed by atoms with E-state index in [0.29, 0.717) is 41.2 Å². The normalized spacial score (nSPS) is 13.2. The third-order valence-corrected chi connectivity index (χ3v) is 6.04. The van der Waals surface area contributed by atoms with Crippen LogP contribution in [0.3, 0.4) is 0 Å². The Morgan fingerprint density at radius 3 is 1.93 bits per heavy atom. The molecule has 246 valence electrons. The lowest BCUT2D eigenvalue weighted by molar-refractivity contribution is -0.193. The van der Waals surface area contributed by atoms with Crippen LogP contribution in [-0.4, -0.2) is 93.7 Å². The molecule has 2 heterocycles. The van der Waals surface area contributed by atoms with Gasteiger partial charge in [0.25, 0.3) is 0 Å². The number of amides is 2. The molecule has 12 nitrogen and oxygen atoms in total. The van der Waals surface area contributed by atoms with Crippen molar-refractivity contribution in [2.75, 3.05) is 44.3 Å². The number of aliphatic carboxylic acids is 2. The maximum Gasteiger partial charge on any atom is 0.490 e. The van der Waals surface area contributed by atoms with Gasteiger partial charge in [0.1, 0.15) is 23.2 Å². The Morgan fingerprint density at radius 1 is 0.891 bits per heavy atom. The van der Waals surface area contributed by atoms with Gasteiger partial charge in [0.15, 0.2) is 0 Å². The van der Waals surface area contributed by atoms with Crippen molar-refractivity contribution >= 4 is 29.5 Å². The zero-order valence-electron chi connectivity index (χ0n) is 23.7. The summed E-state index contributed by atoms with van der Waals surface area (Å²) in [5.74, 6) is -5.36. The minimum absolute atomic E-state index is 0.0725. The maximum atomic E-state index is 12.7. The first-order valence-electron chi connectivity index (χ1n) is 12.8. The highest BCUT2D eigenvalue weighted by atomic mass is 19.4. The topological polar surface area (TPSA) is 193 Å². The van der Waals surface area contributed by atoms with E-state index in [1.165, 1.54) is 0 Å². The molecule has 0 saturated carbocycles. The van der Waals surface area contributed by atoms with Crippen molar-refractivity contribution in [2.24, 2.45) is 0 Å². The van der Waals surface area contributed by atoms with Crippen LogP contribution in [0.2, 0.25) is 0 Å². The standard InChI is InChI=1S/C24H24N6O2.2C2HF3O2/c1-29-9-11-30(12-10-29)24(32)27-17-6-4-5-16(13-17)19-14-21(28-23(26)20(19)15-25)18-7-2-3-8-22(18)31;2*3-2(4,5)1(6)7/h2-8,13-14,31H,9-12H2,1H3,(H2,26,28)(H,27,32);2*(H,6,7). The second-order valence-corrected chi connectivity index (χ2v) is 9.35. The number of rotatable bonds is 3. The lowest BCUT2D eigenvalue weighted by Gasteiger charge is -2.32. The molecule has 3 aromatic rings. The van der Waals surface area contributed by atoms with Gasteiger partial charge in [-0.3, -0.25) is 0 Å². The fourth-order valence-corrected chi connectivity index (χ4v) is 3.71. The molecule has 2 aromatic carbocycles. The van der Waals surface area contributed by atoms with Crippen LogP contribution in [0.25, 0.3) is 22.4 Å². The summed E-state index contributed by atoms with van der Waals surface area (Å²) in [5, 5.41) is 37.1. The summed E-state index contributed by atoms with van der Waals surface area (Å²) in [7, 11) is 2.04. The molecule has 1 aliphatic rings. The Hall–Kier alpha value is -5.57. The molecular weight excluding hydrogens is 630 g/mol. The Bertz CT molecular complexity index is 1580. The molecule has 2 amide bonds. The van der Waals surface area contributed by atoms with E-state index in [2.05, 4.69) is 21.3 Å².